The molecule has 0 aromatic heterocycles. The van der Waals surface area contributed by atoms with Gasteiger partial charge in [0, 0.05) is 19.2 Å². The molecule has 1 atom stereocenters. The molecule has 2 rings (SSSR count). The summed E-state index contributed by atoms with van der Waals surface area (Å²) in [7, 11) is 1.98. The van der Waals surface area contributed by atoms with Crippen LogP contribution in [-0.4, -0.2) is 36.7 Å². The SMILES string of the molecule is CNCC1CCCN(Cc2cc(O)cc(F)c2)C1.Cl. The van der Waals surface area contributed by atoms with Gasteiger partial charge in [0.15, 0.2) is 0 Å². The molecule has 2 N–H and O–H groups in total. The number of nitrogens with one attached hydrogen (secondary N) is 1. The summed E-state index contributed by atoms with van der Waals surface area (Å²) in [5.41, 5.74) is 0.845. The Kier molecular flexibility index (Phi) is 6.55. The number of nitrogens with zero attached hydrogens (tertiary/aromatic N) is 1. The molecule has 108 valence electrons. The third-order valence-corrected chi connectivity index (χ3v) is 3.44. The molecule has 1 aliphatic heterocycles. The third kappa shape index (κ3) is 4.97. The predicted molar refractivity (Wildman–Crippen MR) is 77.2 cm³/mol. The van der Waals surface area contributed by atoms with Crippen molar-refractivity contribution in [2.24, 2.45) is 5.92 Å². The topological polar surface area (TPSA) is 35.5 Å². The van der Waals surface area contributed by atoms with Crippen LogP contribution < -0.4 is 5.32 Å². The van der Waals surface area contributed by atoms with Crippen LogP contribution in [0.5, 0.6) is 5.75 Å². The standard InChI is InChI=1S/C14H21FN2O.ClH/c1-16-8-11-3-2-4-17(9-11)10-12-5-13(15)7-14(18)6-12;/h5-7,11,16,18H,2-4,8-10H2,1H3;1H. The number of benzene rings is 1. The summed E-state index contributed by atoms with van der Waals surface area (Å²) in [6.45, 7) is 3.84. The van der Waals surface area contributed by atoms with E-state index in [2.05, 4.69) is 10.2 Å². The Morgan fingerprint density at radius 1 is 1.42 bits per heavy atom. The Balaban J connectivity index is 0.00000180. The molecule has 0 radical (unpaired) electrons. The molecule has 19 heavy (non-hydrogen) atoms. The lowest BCUT2D eigenvalue weighted by molar-refractivity contribution is 0.166. The lowest BCUT2D eigenvalue weighted by Gasteiger charge is -2.32. The molecule has 0 amide bonds. The predicted octanol–water partition coefficient (Wildman–Crippen LogP) is 2.38. The van der Waals surface area contributed by atoms with E-state index in [4.69, 9.17) is 0 Å². The second-order valence-corrected chi connectivity index (χ2v) is 5.12. The third-order valence-electron chi connectivity index (χ3n) is 3.44. The number of hydrogen-bond donors (Lipinski definition) is 2. The van der Waals surface area contributed by atoms with E-state index >= 15 is 0 Å². The van der Waals surface area contributed by atoms with E-state index in [1.165, 1.54) is 18.9 Å². The van der Waals surface area contributed by atoms with E-state index < -0.39 is 0 Å². The highest BCUT2D eigenvalue weighted by atomic mass is 35.5. The molecule has 3 nitrogen and oxygen atoms in total. The second-order valence-electron chi connectivity index (χ2n) is 5.12. The summed E-state index contributed by atoms with van der Waals surface area (Å²) in [6, 6.07) is 4.29. The first-order chi connectivity index (χ1) is 8.67. The van der Waals surface area contributed by atoms with Gasteiger partial charge in [0.05, 0.1) is 0 Å². The van der Waals surface area contributed by atoms with Crippen LogP contribution in [0.3, 0.4) is 0 Å². The molecule has 0 bridgehead atoms. The van der Waals surface area contributed by atoms with Crippen molar-refractivity contribution in [3.05, 3.63) is 29.6 Å². The number of phenolic OH excluding ortho intramolecular Hbond substituents is 1. The highest BCUT2D eigenvalue weighted by molar-refractivity contribution is 5.85. The number of aromatic hydroxyl groups is 1. The van der Waals surface area contributed by atoms with Gasteiger partial charge in [0.25, 0.3) is 0 Å². The number of rotatable bonds is 4. The van der Waals surface area contributed by atoms with Gasteiger partial charge in [-0.1, -0.05) is 0 Å². The van der Waals surface area contributed by atoms with Gasteiger partial charge in [-0.3, -0.25) is 4.90 Å². The van der Waals surface area contributed by atoms with Gasteiger partial charge in [0.2, 0.25) is 0 Å². The first kappa shape index (κ1) is 16.2. The number of halogens is 2. The maximum atomic E-state index is 13.2. The Morgan fingerprint density at radius 3 is 2.89 bits per heavy atom. The van der Waals surface area contributed by atoms with Gasteiger partial charge < -0.3 is 10.4 Å². The van der Waals surface area contributed by atoms with E-state index in [-0.39, 0.29) is 24.0 Å². The minimum atomic E-state index is -0.367. The highest BCUT2D eigenvalue weighted by Crippen LogP contribution is 2.20. The fourth-order valence-corrected chi connectivity index (χ4v) is 2.73. The summed E-state index contributed by atoms with van der Waals surface area (Å²) < 4.78 is 13.2. The van der Waals surface area contributed by atoms with E-state index in [1.54, 1.807) is 6.07 Å². The summed E-state index contributed by atoms with van der Waals surface area (Å²) in [5, 5.41) is 12.6. The lowest BCUT2D eigenvalue weighted by Crippen LogP contribution is -2.38. The monoisotopic (exact) mass is 288 g/mol. The zero-order valence-corrected chi connectivity index (χ0v) is 12.0. The molecule has 0 spiro atoms. The molecule has 1 aliphatic rings. The van der Waals surface area contributed by atoms with Crippen molar-refractivity contribution in [1.82, 2.24) is 10.2 Å². The molecular formula is C14H22ClFN2O. The summed E-state index contributed by atoms with van der Waals surface area (Å²) >= 11 is 0. The number of hydrogen-bond acceptors (Lipinski definition) is 3. The molecular weight excluding hydrogens is 267 g/mol. The largest absolute Gasteiger partial charge is 0.508 e. The van der Waals surface area contributed by atoms with Crippen molar-refractivity contribution in [2.75, 3.05) is 26.7 Å². The Labute approximate surface area is 120 Å². The molecule has 1 fully saturated rings. The van der Waals surface area contributed by atoms with Crippen LogP contribution in [0.15, 0.2) is 18.2 Å². The van der Waals surface area contributed by atoms with Crippen molar-refractivity contribution in [2.45, 2.75) is 19.4 Å². The zero-order chi connectivity index (χ0) is 13.0. The second kappa shape index (κ2) is 7.68. The first-order valence-electron chi connectivity index (χ1n) is 6.53. The summed E-state index contributed by atoms with van der Waals surface area (Å²) in [6.07, 6.45) is 2.44. The van der Waals surface area contributed by atoms with E-state index in [9.17, 15) is 9.50 Å². The fraction of sp³-hybridized carbons (Fsp3) is 0.571. The first-order valence-corrected chi connectivity index (χ1v) is 6.53. The number of phenols is 1. The van der Waals surface area contributed by atoms with Crippen molar-refractivity contribution >= 4 is 12.4 Å². The maximum Gasteiger partial charge on any atom is 0.127 e. The van der Waals surface area contributed by atoms with Crippen LogP contribution in [-0.2, 0) is 6.54 Å². The van der Waals surface area contributed by atoms with Crippen molar-refractivity contribution in [3.63, 3.8) is 0 Å². The minimum absolute atomic E-state index is 0. The molecule has 1 aromatic rings. The van der Waals surface area contributed by atoms with Gasteiger partial charge >= 0.3 is 0 Å². The van der Waals surface area contributed by atoms with Crippen LogP contribution >= 0.6 is 12.4 Å². The van der Waals surface area contributed by atoms with E-state index in [0.29, 0.717) is 12.5 Å². The fourth-order valence-electron chi connectivity index (χ4n) is 2.73. The van der Waals surface area contributed by atoms with Crippen molar-refractivity contribution in [3.8, 4) is 5.75 Å². The molecule has 1 heterocycles. The van der Waals surface area contributed by atoms with Gasteiger partial charge in [0.1, 0.15) is 11.6 Å². The highest BCUT2D eigenvalue weighted by Gasteiger charge is 2.19. The quantitative estimate of drug-likeness (QED) is 0.893. The molecule has 1 saturated heterocycles. The van der Waals surface area contributed by atoms with E-state index in [0.717, 1.165) is 31.3 Å². The number of piperidine rings is 1. The van der Waals surface area contributed by atoms with Crippen LogP contribution in [0.1, 0.15) is 18.4 Å². The number of likely N-dealkylation sites (tertiary alicyclic amines) is 1. The summed E-state index contributed by atoms with van der Waals surface area (Å²) in [4.78, 5) is 2.33. The molecule has 0 aliphatic carbocycles. The lowest BCUT2D eigenvalue weighted by atomic mass is 9.97. The van der Waals surface area contributed by atoms with Crippen molar-refractivity contribution < 1.29 is 9.50 Å². The van der Waals surface area contributed by atoms with Crippen LogP contribution in [0.25, 0.3) is 0 Å². The van der Waals surface area contributed by atoms with Crippen LogP contribution in [0.4, 0.5) is 4.39 Å². The average Bonchev–Trinajstić information content (AvgIpc) is 2.28. The molecule has 5 heteroatoms. The Bertz CT molecular complexity index is 381. The average molecular weight is 289 g/mol. The van der Waals surface area contributed by atoms with Gasteiger partial charge in [-0.05, 0) is 56.6 Å². The minimum Gasteiger partial charge on any atom is -0.508 e. The van der Waals surface area contributed by atoms with Crippen LogP contribution in [0, 0.1) is 11.7 Å². The maximum absolute atomic E-state index is 13.2. The van der Waals surface area contributed by atoms with E-state index in [1.807, 2.05) is 7.05 Å². The molecule has 0 saturated carbocycles. The zero-order valence-electron chi connectivity index (χ0n) is 11.2. The van der Waals surface area contributed by atoms with Gasteiger partial charge in [-0.2, -0.15) is 0 Å². The van der Waals surface area contributed by atoms with Crippen molar-refractivity contribution in [1.29, 1.82) is 0 Å². The smallest absolute Gasteiger partial charge is 0.127 e. The normalized spacial score (nSPS) is 20.0. The van der Waals surface area contributed by atoms with Crippen LogP contribution in [0.2, 0.25) is 0 Å². The molecule has 1 unspecified atom stereocenters. The van der Waals surface area contributed by atoms with Gasteiger partial charge in [-0.25, -0.2) is 4.39 Å². The summed E-state index contributed by atoms with van der Waals surface area (Å²) in [5.74, 6) is 0.313. The Hall–Kier alpha value is -0.840. The molecule has 1 aromatic carbocycles. The van der Waals surface area contributed by atoms with Gasteiger partial charge in [-0.15, -0.1) is 12.4 Å². The Morgan fingerprint density at radius 2 is 2.21 bits per heavy atom.